The van der Waals surface area contributed by atoms with E-state index in [-0.39, 0.29) is 5.91 Å². The van der Waals surface area contributed by atoms with E-state index in [2.05, 4.69) is 50.5 Å². The molecule has 0 saturated carbocycles. The van der Waals surface area contributed by atoms with Crippen LogP contribution >= 0.6 is 27.5 Å². The summed E-state index contributed by atoms with van der Waals surface area (Å²) >= 11 is 9.75. The lowest BCUT2D eigenvalue weighted by molar-refractivity contribution is 0.102. The van der Waals surface area contributed by atoms with Crippen molar-refractivity contribution >= 4 is 39.3 Å². The minimum atomic E-state index is -0.237. The number of carbonyl (C=O) groups is 1. The van der Waals surface area contributed by atoms with Gasteiger partial charge in [0.1, 0.15) is 5.82 Å². The van der Waals surface area contributed by atoms with Crippen LogP contribution in [0.1, 0.15) is 10.4 Å². The topological polar surface area (TPSA) is 42.0 Å². The van der Waals surface area contributed by atoms with Gasteiger partial charge in [-0.2, -0.15) is 0 Å². The fraction of sp³-hybridized carbons (Fsp3) is 0. The van der Waals surface area contributed by atoms with Crippen molar-refractivity contribution in [3.05, 3.63) is 106 Å². The largest absolute Gasteiger partial charge is 0.307 e. The van der Waals surface area contributed by atoms with E-state index in [9.17, 15) is 4.79 Å². The van der Waals surface area contributed by atoms with Crippen LogP contribution in [0.3, 0.4) is 0 Å². The van der Waals surface area contributed by atoms with Gasteiger partial charge in [-0.1, -0.05) is 66.2 Å². The molecular weight excluding hydrogens is 448 g/mol. The highest BCUT2D eigenvalue weighted by Gasteiger charge is 2.11. The van der Waals surface area contributed by atoms with Crippen molar-refractivity contribution in [1.29, 1.82) is 0 Å². The molecule has 0 aliphatic heterocycles. The van der Waals surface area contributed by atoms with Crippen LogP contribution < -0.4 is 5.32 Å². The summed E-state index contributed by atoms with van der Waals surface area (Å²) in [6, 6.07) is 27.1. The summed E-state index contributed by atoms with van der Waals surface area (Å²) in [5, 5.41) is 3.39. The highest BCUT2D eigenvalue weighted by molar-refractivity contribution is 9.10. The van der Waals surface area contributed by atoms with Crippen LogP contribution in [0.2, 0.25) is 5.02 Å². The summed E-state index contributed by atoms with van der Waals surface area (Å²) in [6.07, 6.45) is 1.64. The molecular formula is C24H16BrClN2O. The van der Waals surface area contributed by atoms with Gasteiger partial charge in [0.15, 0.2) is 0 Å². The lowest BCUT2D eigenvalue weighted by Gasteiger charge is -2.10. The van der Waals surface area contributed by atoms with Crippen molar-refractivity contribution < 1.29 is 4.79 Å². The first-order valence-electron chi connectivity index (χ1n) is 8.98. The second-order valence-corrected chi connectivity index (χ2v) is 7.78. The molecule has 0 atom stereocenters. The number of nitrogens with zero attached hydrogens (tertiary/aromatic N) is 1. The van der Waals surface area contributed by atoms with Crippen LogP contribution in [0.15, 0.2) is 95.6 Å². The third-order valence-electron chi connectivity index (χ3n) is 4.50. The molecule has 3 nitrogen and oxygen atoms in total. The summed E-state index contributed by atoms with van der Waals surface area (Å²) in [7, 11) is 0. The molecule has 4 rings (SSSR count). The molecule has 29 heavy (non-hydrogen) atoms. The van der Waals surface area contributed by atoms with Crippen molar-refractivity contribution in [3.8, 4) is 22.3 Å². The van der Waals surface area contributed by atoms with Crippen LogP contribution in [-0.4, -0.2) is 10.9 Å². The summed E-state index contributed by atoms with van der Waals surface area (Å²) in [5.41, 5.74) is 4.55. The standard InChI is InChI=1S/C24H16BrClN2O/c25-20-11-13-23(27-15-20)28-24(29)19-10-12-22(26)21(14-19)18-8-6-17(7-9-18)16-4-2-1-3-5-16/h1-15H,(H,27,28,29). The molecule has 0 aliphatic carbocycles. The van der Waals surface area contributed by atoms with E-state index in [0.717, 1.165) is 26.7 Å². The van der Waals surface area contributed by atoms with Crippen LogP contribution in [0.5, 0.6) is 0 Å². The predicted molar refractivity (Wildman–Crippen MR) is 122 cm³/mol. The summed E-state index contributed by atoms with van der Waals surface area (Å²) in [4.78, 5) is 16.8. The van der Waals surface area contributed by atoms with E-state index in [0.29, 0.717) is 16.4 Å². The number of nitrogens with one attached hydrogen (secondary N) is 1. The van der Waals surface area contributed by atoms with Gasteiger partial charge in [-0.3, -0.25) is 4.79 Å². The van der Waals surface area contributed by atoms with E-state index < -0.39 is 0 Å². The number of anilines is 1. The average molecular weight is 464 g/mol. The average Bonchev–Trinajstić information content (AvgIpc) is 2.76. The number of hydrogen-bond donors (Lipinski definition) is 1. The molecule has 0 spiro atoms. The number of benzene rings is 3. The maximum absolute atomic E-state index is 12.6. The third-order valence-corrected chi connectivity index (χ3v) is 5.30. The molecule has 0 radical (unpaired) electrons. The van der Waals surface area contributed by atoms with Crippen molar-refractivity contribution in [2.45, 2.75) is 0 Å². The molecule has 0 unspecified atom stereocenters. The first-order valence-corrected chi connectivity index (χ1v) is 10.2. The zero-order chi connectivity index (χ0) is 20.2. The Balaban J connectivity index is 1.59. The Morgan fingerprint density at radius 3 is 2.21 bits per heavy atom. The van der Waals surface area contributed by atoms with Crippen LogP contribution in [-0.2, 0) is 0 Å². The summed E-state index contributed by atoms with van der Waals surface area (Å²) < 4.78 is 0.850. The lowest BCUT2D eigenvalue weighted by atomic mass is 9.99. The van der Waals surface area contributed by atoms with Crippen molar-refractivity contribution in [2.24, 2.45) is 0 Å². The summed E-state index contributed by atoms with van der Waals surface area (Å²) in [6.45, 7) is 0. The van der Waals surface area contributed by atoms with Crippen molar-refractivity contribution in [2.75, 3.05) is 5.32 Å². The monoisotopic (exact) mass is 462 g/mol. The molecule has 4 aromatic rings. The number of carbonyl (C=O) groups excluding carboxylic acids is 1. The van der Waals surface area contributed by atoms with Crippen molar-refractivity contribution in [3.63, 3.8) is 0 Å². The fourth-order valence-electron chi connectivity index (χ4n) is 3.00. The first kappa shape index (κ1) is 19.4. The lowest BCUT2D eigenvalue weighted by Crippen LogP contribution is -2.12. The Hall–Kier alpha value is -2.95. The highest BCUT2D eigenvalue weighted by atomic mass is 79.9. The fourth-order valence-corrected chi connectivity index (χ4v) is 3.46. The Labute approximate surface area is 182 Å². The van der Waals surface area contributed by atoms with E-state index in [1.807, 2.05) is 36.4 Å². The van der Waals surface area contributed by atoms with E-state index in [4.69, 9.17) is 11.6 Å². The van der Waals surface area contributed by atoms with E-state index in [1.165, 1.54) is 0 Å². The number of halogens is 2. The van der Waals surface area contributed by atoms with Crippen molar-refractivity contribution in [1.82, 2.24) is 4.98 Å². The Morgan fingerprint density at radius 1 is 0.828 bits per heavy atom. The molecule has 1 amide bonds. The third kappa shape index (κ3) is 4.56. The molecule has 0 saturated heterocycles. The molecule has 5 heteroatoms. The predicted octanol–water partition coefficient (Wildman–Crippen LogP) is 7.08. The van der Waals surface area contributed by atoms with Crippen LogP contribution in [0.25, 0.3) is 22.3 Å². The summed E-state index contributed by atoms with van der Waals surface area (Å²) in [5.74, 6) is 0.251. The Morgan fingerprint density at radius 2 is 1.52 bits per heavy atom. The van der Waals surface area contributed by atoms with Gasteiger partial charge in [-0.15, -0.1) is 0 Å². The maximum Gasteiger partial charge on any atom is 0.256 e. The second-order valence-electron chi connectivity index (χ2n) is 6.45. The molecule has 3 aromatic carbocycles. The van der Waals surface area contributed by atoms with Gasteiger partial charge in [0.25, 0.3) is 5.91 Å². The first-order chi connectivity index (χ1) is 14.1. The second kappa shape index (κ2) is 8.60. The highest BCUT2D eigenvalue weighted by Crippen LogP contribution is 2.31. The SMILES string of the molecule is O=C(Nc1ccc(Br)cn1)c1ccc(Cl)c(-c2ccc(-c3ccccc3)cc2)c1. The number of pyridine rings is 1. The molecule has 1 N–H and O–H groups in total. The molecule has 0 bridgehead atoms. The van der Waals surface area contributed by atoms with E-state index in [1.54, 1.807) is 30.5 Å². The van der Waals surface area contributed by atoms with Gasteiger partial charge in [-0.05, 0) is 63.0 Å². The van der Waals surface area contributed by atoms with Gasteiger partial charge in [0.2, 0.25) is 0 Å². The minimum Gasteiger partial charge on any atom is -0.307 e. The van der Waals surface area contributed by atoms with Gasteiger partial charge >= 0.3 is 0 Å². The quantitative estimate of drug-likeness (QED) is 0.351. The van der Waals surface area contributed by atoms with Gasteiger partial charge in [0, 0.05) is 26.8 Å². The molecule has 0 fully saturated rings. The molecule has 142 valence electrons. The zero-order valence-electron chi connectivity index (χ0n) is 15.3. The Kier molecular flexibility index (Phi) is 5.74. The number of aromatic nitrogens is 1. The van der Waals surface area contributed by atoms with Crippen LogP contribution in [0.4, 0.5) is 5.82 Å². The van der Waals surface area contributed by atoms with Gasteiger partial charge in [0.05, 0.1) is 0 Å². The Bertz CT molecular complexity index is 1140. The molecule has 1 heterocycles. The zero-order valence-corrected chi connectivity index (χ0v) is 17.6. The number of rotatable bonds is 4. The number of hydrogen-bond acceptors (Lipinski definition) is 2. The smallest absolute Gasteiger partial charge is 0.256 e. The van der Waals surface area contributed by atoms with Gasteiger partial charge < -0.3 is 5.32 Å². The number of amides is 1. The minimum absolute atomic E-state index is 0.237. The van der Waals surface area contributed by atoms with Crippen LogP contribution in [0, 0.1) is 0 Å². The van der Waals surface area contributed by atoms with Gasteiger partial charge in [-0.25, -0.2) is 4.98 Å². The normalized spacial score (nSPS) is 10.6. The van der Waals surface area contributed by atoms with E-state index >= 15 is 0 Å². The maximum atomic E-state index is 12.6. The molecule has 1 aromatic heterocycles. The molecule has 0 aliphatic rings.